The van der Waals surface area contributed by atoms with Crippen LogP contribution in [0.4, 0.5) is 4.79 Å². The SMILES string of the molecule is CC(C)C(CCO)NC(=O)NCc1ccc(S(C)=O)cc1. The van der Waals surface area contributed by atoms with Crippen LogP contribution in [0.3, 0.4) is 0 Å². The van der Waals surface area contributed by atoms with Crippen molar-refractivity contribution in [2.45, 2.75) is 37.8 Å². The minimum atomic E-state index is -0.989. The third kappa shape index (κ3) is 6.27. The Kier molecular flexibility index (Phi) is 7.39. The number of rotatable bonds is 7. The molecular weight excluding hydrogens is 288 g/mol. The molecule has 0 aliphatic rings. The van der Waals surface area contributed by atoms with Gasteiger partial charge in [0.1, 0.15) is 0 Å². The summed E-state index contributed by atoms with van der Waals surface area (Å²) in [6.45, 7) is 4.47. The molecule has 2 amide bonds. The molecule has 5 nitrogen and oxygen atoms in total. The summed E-state index contributed by atoms with van der Waals surface area (Å²) in [6, 6.07) is 7.02. The van der Waals surface area contributed by atoms with Crippen LogP contribution in [0, 0.1) is 5.92 Å². The van der Waals surface area contributed by atoms with Crippen LogP contribution in [0.1, 0.15) is 25.8 Å². The number of carbonyl (C=O) groups is 1. The molecule has 118 valence electrons. The van der Waals surface area contributed by atoms with Gasteiger partial charge in [0.2, 0.25) is 0 Å². The molecule has 1 aromatic carbocycles. The van der Waals surface area contributed by atoms with E-state index in [1.54, 1.807) is 18.4 Å². The van der Waals surface area contributed by atoms with Gasteiger partial charge < -0.3 is 15.7 Å². The van der Waals surface area contributed by atoms with E-state index in [1.807, 2.05) is 26.0 Å². The highest BCUT2D eigenvalue weighted by molar-refractivity contribution is 7.84. The molecule has 0 radical (unpaired) electrons. The summed E-state index contributed by atoms with van der Waals surface area (Å²) < 4.78 is 11.3. The molecule has 0 heterocycles. The molecule has 0 aliphatic heterocycles. The second-order valence-corrected chi connectivity index (χ2v) is 6.67. The number of aliphatic hydroxyl groups is 1. The van der Waals surface area contributed by atoms with Crippen molar-refractivity contribution in [2.75, 3.05) is 12.9 Å². The van der Waals surface area contributed by atoms with E-state index >= 15 is 0 Å². The highest BCUT2D eigenvalue weighted by Gasteiger charge is 2.15. The topological polar surface area (TPSA) is 78.4 Å². The molecule has 0 spiro atoms. The summed E-state index contributed by atoms with van der Waals surface area (Å²) in [4.78, 5) is 12.6. The highest BCUT2D eigenvalue weighted by atomic mass is 32.2. The number of nitrogens with one attached hydrogen (secondary N) is 2. The van der Waals surface area contributed by atoms with E-state index in [-0.39, 0.29) is 24.6 Å². The normalized spacial score (nSPS) is 13.8. The van der Waals surface area contributed by atoms with Crippen molar-refractivity contribution in [3.8, 4) is 0 Å². The summed E-state index contributed by atoms with van der Waals surface area (Å²) in [5.74, 6) is 0.265. The van der Waals surface area contributed by atoms with Gasteiger partial charge in [-0.1, -0.05) is 26.0 Å². The molecule has 2 unspecified atom stereocenters. The molecule has 0 fully saturated rings. The maximum absolute atomic E-state index is 11.8. The number of aliphatic hydroxyl groups excluding tert-OH is 1. The van der Waals surface area contributed by atoms with Crippen molar-refractivity contribution in [1.29, 1.82) is 0 Å². The Hall–Kier alpha value is -1.40. The lowest BCUT2D eigenvalue weighted by molar-refractivity contribution is 0.218. The van der Waals surface area contributed by atoms with Crippen molar-refractivity contribution in [1.82, 2.24) is 10.6 Å². The summed E-state index contributed by atoms with van der Waals surface area (Å²) in [5.41, 5.74) is 0.947. The van der Waals surface area contributed by atoms with E-state index in [9.17, 15) is 9.00 Å². The van der Waals surface area contributed by atoms with E-state index in [1.165, 1.54) is 0 Å². The Labute approximate surface area is 128 Å². The van der Waals surface area contributed by atoms with Crippen molar-refractivity contribution in [2.24, 2.45) is 5.92 Å². The molecular formula is C15H24N2O3S. The quantitative estimate of drug-likeness (QED) is 0.716. The number of benzene rings is 1. The van der Waals surface area contributed by atoms with Gasteiger partial charge in [-0.3, -0.25) is 4.21 Å². The smallest absolute Gasteiger partial charge is 0.315 e. The van der Waals surface area contributed by atoms with Crippen molar-refractivity contribution < 1.29 is 14.1 Å². The lowest BCUT2D eigenvalue weighted by atomic mass is 10.0. The molecule has 3 N–H and O–H groups in total. The second kappa shape index (κ2) is 8.79. The fourth-order valence-corrected chi connectivity index (χ4v) is 2.43. The molecule has 0 saturated carbocycles. The van der Waals surface area contributed by atoms with Crippen molar-refractivity contribution >= 4 is 16.8 Å². The number of hydrogen-bond donors (Lipinski definition) is 3. The van der Waals surface area contributed by atoms with Crippen LogP contribution in [0.5, 0.6) is 0 Å². The summed E-state index contributed by atoms with van der Waals surface area (Å²) in [7, 11) is -0.989. The van der Waals surface area contributed by atoms with Crippen LogP contribution >= 0.6 is 0 Å². The van der Waals surface area contributed by atoms with Gasteiger partial charge in [0.05, 0.1) is 0 Å². The van der Waals surface area contributed by atoms with Gasteiger partial charge in [-0.05, 0) is 30.0 Å². The third-order valence-corrected chi connectivity index (χ3v) is 4.21. The predicted molar refractivity (Wildman–Crippen MR) is 84.5 cm³/mol. The summed E-state index contributed by atoms with van der Waals surface area (Å²) >= 11 is 0. The first-order valence-corrected chi connectivity index (χ1v) is 8.57. The van der Waals surface area contributed by atoms with Crippen LogP contribution in [0.2, 0.25) is 0 Å². The van der Waals surface area contributed by atoms with Gasteiger partial charge in [0, 0.05) is 41.1 Å². The fourth-order valence-electron chi connectivity index (χ4n) is 1.91. The molecule has 0 saturated heterocycles. The van der Waals surface area contributed by atoms with Crippen molar-refractivity contribution in [3.05, 3.63) is 29.8 Å². The van der Waals surface area contributed by atoms with Gasteiger partial charge in [-0.15, -0.1) is 0 Å². The Morgan fingerprint density at radius 1 is 1.29 bits per heavy atom. The molecule has 6 heteroatoms. The predicted octanol–water partition coefficient (Wildman–Crippen LogP) is 1.63. The number of carbonyl (C=O) groups excluding carboxylic acids is 1. The Morgan fingerprint density at radius 2 is 1.90 bits per heavy atom. The largest absolute Gasteiger partial charge is 0.396 e. The van der Waals surface area contributed by atoms with Crippen LogP contribution in [0.15, 0.2) is 29.2 Å². The van der Waals surface area contributed by atoms with Gasteiger partial charge in [-0.2, -0.15) is 0 Å². The highest BCUT2D eigenvalue weighted by Crippen LogP contribution is 2.08. The Balaban J connectivity index is 2.46. The van der Waals surface area contributed by atoms with Crippen molar-refractivity contribution in [3.63, 3.8) is 0 Å². The third-order valence-electron chi connectivity index (χ3n) is 3.27. The minimum Gasteiger partial charge on any atom is -0.396 e. The zero-order valence-electron chi connectivity index (χ0n) is 12.8. The maximum atomic E-state index is 11.8. The molecule has 1 rings (SSSR count). The standard InChI is InChI=1S/C15H24N2O3S/c1-11(2)14(8-9-18)17-15(19)16-10-12-4-6-13(7-5-12)21(3)20/h4-7,11,14,18H,8-10H2,1-3H3,(H2,16,17,19). The minimum absolute atomic E-state index is 0.0418. The fraction of sp³-hybridized carbons (Fsp3) is 0.533. The molecule has 0 aliphatic carbocycles. The van der Waals surface area contributed by atoms with Crippen LogP contribution in [-0.2, 0) is 17.3 Å². The number of hydrogen-bond acceptors (Lipinski definition) is 3. The van der Waals surface area contributed by atoms with E-state index in [0.29, 0.717) is 13.0 Å². The van der Waals surface area contributed by atoms with Gasteiger partial charge >= 0.3 is 6.03 Å². The lowest BCUT2D eigenvalue weighted by Gasteiger charge is -2.21. The van der Waals surface area contributed by atoms with E-state index < -0.39 is 10.8 Å². The van der Waals surface area contributed by atoms with E-state index in [0.717, 1.165) is 10.5 Å². The second-order valence-electron chi connectivity index (χ2n) is 5.29. The van der Waals surface area contributed by atoms with Crippen LogP contribution in [0.25, 0.3) is 0 Å². The average molecular weight is 312 g/mol. The Bertz CT molecular complexity index is 474. The lowest BCUT2D eigenvalue weighted by Crippen LogP contribution is -2.44. The summed E-state index contributed by atoms with van der Waals surface area (Å²) in [5, 5.41) is 14.6. The van der Waals surface area contributed by atoms with E-state index in [4.69, 9.17) is 5.11 Å². The van der Waals surface area contributed by atoms with Gasteiger partial charge in [0.15, 0.2) is 0 Å². The zero-order valence-corrected chi connectivity index (χ0v) is 13.6. The molecule has 0 aromatic heterocycles. The monoisotopic (exact) mass is 312 g/mol. The Morgan fingerprint density at radius 3 is 2.38 bits per heavy atom. The molecule has 1 aromatic rings. The first-order chi connectivity index (χ1) is 9.93. The van der Waals surface area contributed by atoms with E-state index in [2.05, 4.69) is 10.6 Å². The maximum Gasteiger partial charge on any atom is 0.315 e. The molecule has 21 heavy (non-hydrogen) atoms. The van der Waals surface area contributed by atoms with Gasteiger partial charge in [0.25, 0.3) is 0 Å². The average Bonchev–Trinajstić information content (AvgIpc) is 2.45. The van der Waals surface area contributed by atoms with Crippen LogP contribution in [-0.4, -0.2) is 34.3 Å². The first kappa shape index (κ1) is 17.7. The molecule has 2 atom stereocenters. The summed E-state index contributed by atoms with van der Waals surface area (Å²) in [6.07, 6.45) is 2.18. The van der Waals surface area contributed by atoms with Crippen LogP contribution < -0.4 is 10.6 Å². The number of urea groups is 1. The first-order valence-electron chi connectivity index (χ1n) is 7.01. The molecule has 0 bridgehead atoms. The zero-order chi connectivity index (χ0) is 15.8. The van der Waals surface area contributed by atoms with Gasteiger partial charge in [-0.25, -0.2) is 4.79 Å². The number of amides is 2.